The standard InChI is InChI=1S/C5H5.Ru.H/c1-2-4-5-3-1;;/h1-3H,4H2;;/q-1;+1;-1. The third kappa shape index (κ3) is 1.52. The topological polar surface area (TPSA) is 0 Å². The van der Waals surface area contributed by atoms with E-state index in [0.29, 0.717) is 0 Å². The Morgan fingerprint density at radius 1 is 1.67 bits per heavy atom. The van der Waals surface area contributed by atoms with Crippen molar-refractivity contribution in [1.82, 2.24) is 0 Å². The van der Waals surface area contributed by atoms with Crippen LogP contribution in [-0.4, -0.2) is 0 Å². The normalized spacial score (nSPS) is 14.7. The van der Waals surface area contributed by atoms with Gasteiger partial charge in [0.05, 0.1) is 0 Å². The third-order valence-corrected chi connectivity index (χ3v) is 0.586. The van der Waals surface area contributed by atoms with Crippen molar-refractivity contribution in [2.45, 2.75) is 6.42 Å². The van der Waals surface area contributed by atoms with Crippen molar-refractivity contribution in [3.63, 3.8) is 0 Å². The van der Waals surface area contributed by atoms with Crippen LogP contribution in [0.3, 0.4) is 0 Å². The maximum absolute atomic E-state index is 2.99. The summed E-state index contributed by atoms with van der Waals surface area (Å²) < 4.78 is 0. The van der Waals surface area contributed by atoms with E-state index in [9.17, 15) is 0 Å². The molecule has 35 valence electrons. The molecular formula is C5H6Ru-. The Morgan fingerprint density at radius 2 is 2.50 bits per heavy atom. The zero-order chi connectivity index (χ0) is 3.54. The van der Waals surface area contributed by atoms with Gasteiger partial charge in [-0.1, -0.05) is 0 Å². The average molecular weight is 167 g/mol. The van der Waals surface area contributed by atoms with Gasteiger partial charge in [-0.2, -0.15) is 6.08 Å². The molecular weight excluding hydrogens is 161 g/mol. The van der Waals surface area contributed by atoms with Crippen LogP contribution in [0.1, 0.15) is 7.85 Å². The quantitative estimate of drug-likeness (QED) is 0.378. The first-order valence-electron chi connectivity index (χ1n) is 1.72. The predicted octanol–water partition coefficient (Wildman–Crippen LogP) is 1.42. The summed E-state index contributed by atoms with van der Waals surface area (Å²) in [4.78, 5) is 0. The Morgan fingerprint density at radius 3 is 2.67 bits per heavy atom. The summed E-state index contributed by atoms with van der Waals surface area (Å²) in [6.07, 6.45) is 10.0. The zero-order valence-corrected chi connectivity index (χ0v) is 5.03. The van der Waals surface area contributed by atoms with Gasteiger partial charge in [0.15, 0.2) is 0 Å². The molecule has 0 saturated heterocycles. The SMILES string of the molecule is [C-]1=CC=CC1.[H-].[Ru+]. The molecule has 0 aromatic carbocycles. The van der Waals surface area contributed by atoms with Crippen LogP contribution in [0.25, 0.3) is 0 Å². The number of rotatable bonds is 0. The molecule has 0 aromatic rings. The molecule has 1 rings (SSSR count). The molecule has 0 aromatic heterocycles. The third-order valence-electron chi connectivity index (χ3n) is 0.586. The Hall–Kier alpha value is 0.103. The van der Waals surface area contributed by atoms with E-state index in [1.807, 2.05) is 12.2 Å². The molecule has 0 atom stereocenters. The molecule has 0 fully saturated rings. The maximum atomic E-state index is 2.99. The minimum atomic E-state index is 0. The number of hydrogen-bond donors (Lipinski definition) is 0. The summed E-state index contributed by atoms with van der Waals surface area (Å²) in [7, 11) is 0. The van der Waals surface area contributed by atoms with Gasteiger partial charge in [0.25, 0.3) is 0 Å². The molecule has 1 aliphatic rings. The fourth-order valence-corrected chi connectivity index (χ4v) is 0.340. The van der Waals surface area contributed by atoms with E-state index < -0.39 is 0 Å². The monoisotopic (exact) mass is 168 g/mol. The Balaban J connectivity index is 0. The van der Waals surface area contributed by atoms with Gasteiger partial charge in [0, 0.05) is 0 Å². The van der Waals surface area contributed by atoms with E-state index in [1.165, 1.54) is 0 Å². The van der Waals surface area contributed by atoms with Gasteiger partial charge in [0.2, 0.25) is 0 Å². The molecule has 0 unspecified atom stereocenters. The van der Waals surface area contributed by atoms with E-state index >= 15 is 0 Å². The summed E-state index contributed by atoms with van der Waals surface area (Å²) in [6, 6.07) is 0. The van der Waals surface area contributed by atoms with E-state index in [0.717, 1.165) is 6.42 Å². The maximum Gasteiger partial charge on any atom is 1.00 e. The first-order chi connectivity index (χ1) is 2.50. The molecule has 1 aliphatic carbocycles. The first kappa shape index (κ1) is 6.10. The zero-order valence-electron chi connectivity index (χ0n) is 4.29. The molecule has 0 bridgehead atoms. The van der Waals surface area contributed by atoms with Crippen LogP contribution in [0.5, 0.6) is 0 Å². The number of allylic oxidation sites excluding steroid dienone is 4. The Bertz CT molecular complexity index is 66.1. The molecule has 0 heterocycles. The largest absolute Gasteiger partial charge is 1.00 e. The van der Waals surface area contributed by atoms with E-state index in [2.05, 4.69) is 12.2 Å². The fourth-order valence-electron chi connectivity index (χ4n) is 0.340. The van der Waals surface area contributed by atoms with Crippen molar-refractivity contribution in [2.24, 2.45) is 0 Å². The van der Waals surface area contributed by atoms with Crippen molar-refractivity contribution in [2.75, 3.05) is 0 Å². The molecule has 1 radical (unpaired) electrons. The fraction of sp³-hybridized carbons (Fsp3) is 0.200. The van der Waals surface area contributed by atoms with Gasteiger partial charge in [-0.3, -0.25) is 6.08 Å². The van der Waals surface area contributed by atoms with Crippen LogP contribution in [0, 0.1) is 6.08 Å². The molecule has 0 nitrogen and oxygen atoms in total. The van der Waals surface area contributed by atoms with Crippen LogP contribution in [0.4, 0.5) is 0 Å². The van der Waals surface area contributed by atoms with Crippen LogP contribution in [0.15, 0.2) is 18.2 Å². The Kier molecular flexibility index (Phi) is 3.36. The molecule has 0 amide bonds. The van der Waals surface area contributed by atoms with Crippen LogP contribution < -0.4 is 0 Å². The second-order valence-corrected chi connectivity index (χ2v) is 1.00. The molecule has 1 heteroatoms. The van der Waals surface area contributed by atoms with Gasteiger partial charge >= 0.3 is 19.5 Å². The molecule has 0 spiro atoms. The van der Waals surface area contributed by atoms with Crippen LogP contribution in [0.2, 0.25) is 0 Å². The van der Waals surface area contributed by atoms with Gasteiger partial charge < -0.3 is 1.43 Å². The van der Waals surface area contributed by atoms with Crippen molar-refractivity contribution < 1.29 is 20.9 Å². The average Bonchev–Trinajstić information content (AvgIpc) is 1.76. The summed E-state index contributed by atoms with van der Waals surface area (Å²) in [5.41, 5.74) is 0. The van der Waals surface area contributed by atoms with Crippen LogP contribution in [-0.2, 0) is 19.5 Å². The minimum Gasteiger partial charge on any atom is -1.00 e. The molecule has 6 heavy (non-hydrogen) atoms. The Labute approximate surface area is 52.2 Å². The van der Waals surface area contributed by atoms with E-state index in [-0.39, 0.29) is 20.9 Å². The second kappa shape index (κ2) is 3.30. The summed E-state index contributed by atoms with van der Waals surface area (Å²) in [5.74, 6) is 0. The summed E-state index contributed by atoms with van der Waals surface area (Å²) in [5, 5.41) is 0. The van der Waals surface area contributed by atoms with Gasteiger partial charge in [-0.15, -0.1) is 6.42 Å². The van der Waals surface area contributed by atoms with Crippen LogP contribution >= 0.6 is 0 Å². The van der Waals surface area contributed by atoms with Crippen molar-refractivity contribution in [3.05, 3.63) is 24.3 Å². The molecule has 0 saturated carbocycles. The predicted molar refractivity (Wildman–Crippen MR) is 22.7 cm³/mol. The van der Waals surface area contributed by atoms with Crippen molar-refractivity contribution in [1.29, 1.82) is 0 Å². The summed E-state index contributed by atoms with van der Waals surface area (Å²) >= 11 is 0. The molecule has 0 aliphatic heterocycles. The molecule has 0 N–H and O–H groups in total. The second-order valence-electron chi connectivity index (χ2n) is 1.00. The van der Waals surface area contributed by atoms with Gasteiger partial charge in [-0.05, 0) is 0 Å². The van der Waals surface area contributed by atoms with Crippen molar-refractivity contribution in [3.8, 4) is 0 Å². The van der Waals surface area contributed by atoms with E-state index in [4.69, 9.17) is 0 Å². The summed E-state index contributed by atoms with van der Waals surface area (Å²) in [6.45, 7) is 0. The minimum absolute atomic E-state index is 0. The number of hydrogen-bond acceptors (Lipinski definition) is 0. The van der Waals surface area contributed by atoms with Gasteiger partial charge in [-0.25, -0.2) is 12.2 Å². The van der Waals surface area contributed by atoms with Crippen molar-refractivity contribution >= 4 is 0 Å². The van der Waals surface area contributed by atoms with E-state index in [1.54, 1.807) is 0 Å². The van der Waals surface area contributed by atoms with Gasteiger partial charge in [0.1, 0.15) is 0 Å². The first-order valence-corrected chi connectivity index (χ1v) is 1.72. The smallest absolute Gasteiger partial charge is 1.00 e.